The molecule has 55 valence electrons. The number of methoxy groups -OCH3 is 1. The Balaban J connectivity index is 3.92. The largest absolute Gasteiger partial charge is 0.378 e. The SMILES string of the molecule is C=CC([Si])(C/C=C/C)OC. The van der Waals surface area contributed by atoms with Crippen molar-refractivity contribution >= 4 is 10.2 Å². The van der Waals surface area contributed by atoms with Gasteiger partial charge in [-0.15, -0.1) is 6.58 Å². The first-order chi connectivity index (χ1) is 4.68. The zero-order valence-corrected chi connectivity index (χ0v) is 7.55. The van der Waals surface area contributed by atoms with Crippen LogP contribution in [0.5, 0.6) is 0 Å². The van der Waals surface area contributed by atoms with E-state index in [1.807, 2.05) is 19.1 Å². The van der Waals surface area contributed by atoms with Crippen LogP contribution in [0.1, 0.15) is 13.3 Å². The molecule has 1 atom stereocenters. The highest BCUT2D eigenvalue weighted by Gasteiger charge is 2.15. The Morgan fingerprint density at radius 1 is 1.70 bits per heavy atom. The molecule has 0 rings (SSSR count). The van der Waals surface area contributed by atoms with Crippen molar-refractivity contribution in [2.24, 2.45) is 0 Å². The molecule has 2 heteroatoms. The summed E-state index contributed by atoms with van der Waals surface area (Å²) in [4.78, 5) is 0. The summed E-state index contributed by atoms with van der Waals surface area (Å²) < 4.78 is 5.13. The Morgan fingerprint density at radius 3 is 2.60 bits per heavy atom. The summed E-state index contributed by atoms with van der Waals surface area (Å²) in [5, 5.41) is -0.382. The van der Waals surface area contributed by atoms with E-state index in [9.17, 15) is 0 Å². The van der Waals surface area contributed by atoms with Gasteiger partial charge in [0.15, 0.2) is 0 Å². The Kier molecular flexibility index (Phi) is 4.32. The molecule has 0 heterocycles. The van der Waals surface area contributed by atoms with E-state index in [0.29, 0.717) is 0 Å². The van der Waals surface area contributed by atoms with E-state index in [4.69, 9.17) is 4.74 Å². The quantitative estimate of drug-likeness (QED) is 0.441. The van der Waals surface area contributed by atoms with Gasteiger partial charge in [-0.25, -0.2) is 0 Å². The van der Waals surface area contributed by atoms with Gasteiger partial charge in [0, 0.05) is 7.11 Å². The van der Waals surface area contributed by atoms with Crippen molar-refractivity contribution in [2.45, 2.75) is 18.6 Å². The van der Waals surface area contributed by atoms with Gasteiger partial charge in [0.2, 0.25) is 0 Å². The van der Waals surface area contributed by atoms with E-state index in [1.165, 1.54) is 0 Å². The lowest BCUT2D eigenvalue weighted by Crippen LogP contribution is -2.27. The minimum atomic E-state index is -0.382. The van der Waals surface area contributed by atoms with Crippen molar-refractivity contribution in [1.29, 1.82) is 0 Å². The molecule has 0 bridgehead atoms. The second-order valence-electron chi connectivity index (χ2n) is 2.07. The average Bonchev–Trinajstić information content (AvgIpc) is 2.00. The van der Waals surface area contributed by atoms with Gasteiger partial charge in [-0.2, -0.15) is 0 Å². The van der Waals surface area contributed by atoms with Gasteiger partial charge in [0.25, 0.3) is 0 Å². The van der Waals surface area contributed by atoms with E-state index >= 15 is 0 Å². The van der Waals surface area contributed by atoms with Crippen molar-refractivity contribution in [3.8, 4) is 0 Å². The Morgan fingerprint density at radius 2 is 2.30 bits per heavy atom. The summed E-state index contributed by atoms with van der Waals surface area (Å²) in [5.74, 6) is 0. The molecular formula is C8H13OSi. The fourth-order valence-corrected chi connectivity index (χ4v) is 0.661. The molecule has 1 nitrogen and oxygen atoms in total. The van der Waals surface area contributed by atoms with Gasteiger partial charge in [0.1, 0.15) is 0 Å². The highest BCUT2D eigenvalue weighted by atomic mass is 28.1. The van der Waals surface area contributed by atoms with E-state index in [-0.39, 0.29) is 5.22 Å². The molecule has 0 amide bonds. The van der Waals surface area contributed by atoms with Gasteiger partial charge in [0.05, 0.1) is 15.5 Å². The number of hydrogen-bond donors (Lipinski definition) is 0. The van der Waals surface area contributed by atoms with Crippen LogP contribution in [0.4, 0.5) is 0 Å². The highest BCUT2D eigenvalue weighted by Crippen LogP contribution is 2.11. The minimum Gasteiger partial charge on any atom is -0.378 e. The summed E-state index contributed by atoms with van der Waals surface area (Å²) >= 11 is 0. The van der Waals surface area contributed by atoms with E-state index in [0.717, 1.165) is 6.42 Å². The lowest BCUT2D eigenvalue weighted by molar-refractivity contribution is 0.107. The third-order valence-corrected chi connectivity index (χ3v) is 1.96. The van der Waals surface area contributed by atoms with Crippen molar-refractivity contribution < 1.29 is 4.74 Å². The van der Waals surface area contributed by atoms with Gasteiger partial charge >= 0.3 is 0 Å². The van der Waals surface area contributed by atoms with Crippen LogP contribution in [0, 0.1) is 0 Å². The first kappa shape index (κ1) is 9.66. The van der Waals surface area contributed by atoms with Crippen LogP contribution in [0.2, 0.25) is 0 Å². The topological polar surface area (TPSA) is 9.23 Å². The maximum Gasteiger partial charge on any atom is 0.0768 e. The number of rotatable bonds is 4. The molecule has 3 radical (unpaired) electrons. The first-order valence-electron chi connectivity index (χ1n) is 3.23. The third-order valence-electron chi connectivity index (χ3n) is 1.35. The van der Waals surface area contributed by atoms with Crippen LogP contribution >= 0.6 is 0 Å². The van der Waals surface area contributed by atoms with Gasteiger partial charge in [-0.05, 0) is 13.3 Å². The molecule has 0 aromatic heterocycles. The van der Waals surface area contributed by atoms with E-state index < -0.39 is 0 Å². The molecule has 0 aromatic carbocycles. The van der Waals surface area contributed by atoms with Gasteiger partial charge < -0.3 is 4.74 Å². The molecule has 0 aliphatic carbocycles. The molecule has 0 N–H and O–H groups in total. The average molecular weight is 153 g/mol. The molecule has 0 saturated heterocycles. The van der Waals surface area contributed by atoms with Crippen LogP contribution in [0.25, 0.3) is 0 Å². The number of hydrogen-bond acceptors (Lipinski definition) is 1. The van der Waals surface area contributed by atoms with Crippen LogP contribution in [0.3, 0.4) is 0 Å². The summed E-state index contributed by atoms with van der Waals surface area (Å²) in [5.41, 5.74) is 0. The smallest absolute Gasteiger partial charge is 0.0768 e. The maximum atomic E-state index is 5.13. The summed E-state index contributed by atoms with van der Waals surface area (Å²) in [6.07, 6.45) is 6.56. The third kappa shape index (κ3) is 2.99. The predicted molar refractivity (Wildman–Crippen MR) is 45.1 cm³/mol. The summed E-state index contributed by atoms with van der Waals surface area (Å²) in [6.45, 7) is 5.63. The summed E-state index contributed by atoms with van der Waals surface area (Å²) in [6, 6.07) is 0. The van der Waals surface area contributed by atoms with Gasteiger partial charge in [-0.3, -0.25) is 0 Å². The monoisotopic (exact) mass is 153 g/mol. The van der Waals surface area contributed by atoms with Crippen LogP contribution < -0.4 is 0 Å². The maximum absolute atomic E-state index is 5.13. The standard InChI is InChI=1S/C8H13OSi/c1-4-6-7-8(10,5-2)9-3/h4-6H,2,7H2,1,3H3/b6-4+. The molecular weight excluding hydrogens is 140 g/mol. The molecule has 0 spiro atoms. The van der Waals surface area contributed by atoms with Crippen LogP contribution in [-0.4, -0.2) is 22.6 Å². The molecule has 0 saturated carbocycles. The number of ether oxygens (including phenoxy) is 1. The molecule has 0 aliphatic heterocycles. The second-order valence-corrected chi connectivity index (χ2v) is 2.92. The fourth-order valence-electron chi connectivity index (χ4n) is 0.543. The lowest BCUT2D eigenvalue weighted by Gasteiger charge is -2.21. The summed E-state index contributed by atoms with van der Waals surface area (Å²) in [7, 11) is 5.09. The second kappa shape index (κ2) is 4.47. The van der Waals surface area contributed by atoms with Crippen LogP contribution in [-0.2, 0) is 4.74 Å². The van der Waals surface area contributed by atoms with Crippen molar-refractivity contribution in [2.75, 3.05) is 7.11 Å². The van der Waals surface area contributed by atoms with E-state index in [1.54, 1.807) is 13.2 Å². The van der Waals surface area contributed by atoms with E-state index in [2.05, 4.69) is 16.8 Å². The molecule has 10 heavy (non-hydrogen) atoms. The first-order valence-corrected chi connectivity index (χ1v) is 3.73. The molecule has 0 aliphatic rings. The number of allylic oxidation sites excluding steroid dienone is 1. The Labute approximate surface area is 66.2 Å². The zero-order chi connectivity index (χ0) is 8.04. The fraction of sp³-hybridized carbons (Fsp3) is 0.500. The Hall–Kier alpha value is -0.343. The van der Waals surface area contributed by atoms with Crippen molar-refractivity contribution in [3.63, 3.8) is 0 Å². The van der Waals surface area contributed by atoms with Gasteiger partial charge in [-0.1, -0.05) is 18.2 Å². The van der Waals surface area contributed by atoms with Crippen LogP contribution in [0.15, 0.2) is 24.8 Å². The molecule has 1 unspecified atom stereocenters. The zero-order valence-electron chi connectivity index (χ0n) is 6.55. The molecule has 0 fully saturated rings. The highest BCUT2D eigenvalue weighted by molar-refractivity contribution is 6.16. The normalized spacial score (nSPS) is 17.1. The Bertz CT molecular complexity index is 131. The molecule has 0 aromatic rings. The predicted octanol–water partition coefficient (Wildman–Crippen LogP) is 1.65. The lowest BCUT2D eigenvalue weighted by atomic mass is 10.2. The van der Waals surface area contributed by atoms with Crippen molar-refractivity contribution in [3.05, 3.63) is 24.8 Å². The van der Waals surface area contributed by atoms with Crippen molar-refractivity contribution in [1.82, 2.24) is 0 Å². The minimum absolute atomic E-state index is 0.382.